The smallest absolute Gasteiger partial charge is 0.348 e. The van der Waals surface area contributed by atoms with Gasteiger partial charge in [-0.15, -0.1) is 11.3 Å². The van der Waals surface area contributed by atoms with Gasteiger partial charge in [-0.05, 0) is 36.3 Å². The van der Waals surface area contributed by atoms with Crippen molar-refractivity contribution in [3.8, 4) is 5.75 Å². The predicted molar refractivity (Wildman–Crippen MR) is 103 cm³/mol. The minimum absolute atomic E-state index is 0.227. The molecule has 0 aliphatic rings. The number of H-pyrrole nitrogens is 1. The SMILES string of the molecule is COC(=O)c1sc2nc(/C(Cl)=C/c3cccc(OC)c3)[nH]c(=O)c2c1C. The highest BCUT2D eigenvalue weighted by Gasteiger charge is 2.20. The zero-order chi connectivity index (χ0) is 18.8. The van der Waals surface area contributed by atoms with Crippen molar-refractivity contribution in [3.63, 3.8) is 0 Å². The highest BCUT2D eigenvalue weighted by atomic mass is 35.5. The van der Waals surface area contributed by atoms with E-state index in [2.05, 4.69) is 9.97 Å². The summed E-state index contributed by atoms with van der Waals surface area (Å²) >= 11 is 7.45. The molecule has 0 aliphatic carbocycles. The maximum Gasteiger partial charge on any atom is 0.348 e. The molecule has 6 nitrogen and oxygen atoms in total. The molecule has 26 heavy (non-hydrogen) atoms. The average molecular weight is 391 g/mol. The number of fused-ring (bicyclic) bond motifs is 1. The molecule has 3 aromatic rings. The minimum atomic E-state index is -0.496. The summed E-state index contributed by atoms with van der Waals surface area (Å²) in [5.41, 5.74) is 0.992. The lowest BCUT2D eigenvalue weighted by Crippen LogP contribution is -2.10. The highest BCUT2D eigenvalue weighted by molar-refractivity contribution is 7.20. The third-order valence-corrected chi connectivity index (χ3v) is 5.24. The van der Waals surface area contributed by atoms with Gasteiger partial charge in [0, 0.05) is 0 Å². The predicted octanol–water partition coefficient (Wildman–Crippen LogP) is 3.83. The molecule has 2 heterocycles. The first-order chi connectivity index (χ1) is 12.4. The Morgan fingerprint density at radius 2 is 2.12 bits per heavy atom. The van der Waals surface area contributed by atoms with Crippen LogP contribution in [0.1, 0.15) is 26.6 Å². The highest BCUT2D eigenvalue weighted by Crippen LogP contribution is 2.29. The first kappa shape index (κ1) is 18.2. The van der Waals surface area contributed by atoms with Gasteiger partial charge in [-0.2, -0.15) is 0 Å². The normalized spacial score (nSPS) is 11.6. The molecule has 8 heteroatoms. The van der Waals surface area contributed by atoms with E-state index < -0.39 is 5.97 Å². The zero-order valence-electron chi connectivity index (χ0n) is 14.3. The standard InChI is InChI=1S/C18H15ClN2O4S/c1-9-13-16(22)20-15(21-17(13)26-14(9)18(23)25-3)12(19)8-10-5-4-6-11(7-10)24-2/h4-8H,1-3H3,(H,20,21,22)/b12-8-. The van der Waals surface area contributed by atoms with Crippen LogP contribution >= 0.6 is 22.9 Å². The van der Waals surface area contributed by atoms with E-state index in [1.54, 1.807) is 20.1 Å². The van der Waals surface area contributed by atoms with Crippen molar-refractivity contribution in [2.24, 2.45) is 0 Å². The second-order valence-electron chi connectivity index (χ2n) is 5.41. The number of halogens is 1. The largest absolute Gasteiger partial charge is 0.497 e. The fourth-order valence-corrected chi connectivity index (χ4v) is 3.81. The van der Waals surface area contributed by atoms with Gasteiger partial charge in [0.15, 0.2) is 5.82 Å². The number of methoxy groups -OCH3 is 2. The molecule has 0 radical (unpaired) electrons. The maximum atomic E-state index is 12.5. The lowest BCUT2D eigenvalue weighted by molar-refractivity contribution is 0.0605. The molecule has 0 unspecified atom stereocenters. The van der Waals surface area contributed by atoms with Gasteiger partial charge in [0.05, 0.1) is 24.6 Å². The number of ether oxygens (including phenoxy) is 2. The lowest BCUT2D eigenvalue weighted by atomic mass is 10.2. The van der Waals surface area contributed by atoms with Crippen LogP contribution in [0.25, 0.3) is 21.3 Å². The molecule has 2 aromatic heterocycles. The molecule has 0 saturated carbocycles. The molecule has 1 N–H and O–H groups in total. The number of aromatic nitrogens is 2. The average Bonchev–Trinajstić information content (AvgIpc) is 2.98. The Labute approximate surface area is 158 Å². The van der Waals surface area contributed by atoms with Crippen LogP contribution in [-0.2, 0) is 4.74 Å². The summed E-state index contributed by atoms with van der Waals surface area (Å²) < 4.78 is 9.93. The summed E-state index contributed by atoms with van der Waals surface area (Å²) in [5, 5.41) is 0.632. The molecular weight excluding hydrogens is 376 g/mol. The van der Waals surface area contributed by atoms with E-state index in [0.29, 0.717) is 26.4 Å². The van der Waals surface area contributed by atoms with Gasteiger partial charge < -0.3 is 14.5 Å². The van der Waals surface area contributed by atoms with Gasteiger partial charge in [-0.3, -0.25) is 4.79 Å². The Morgan fingerprint density at radius 1 is 1.35 bits per heavy atom. The van der Waals surface area contributed by atoms with E-state index in [0.717, 1.165) is 16.9 Å². The summed E-state index contributed by atoms with van der Waals surface area (Å²) in [6.07, 6.45) is 1.68. The van der Waals surface area contributed by atoms with Crippen molar-refractivity contribution in [1.29, 1.82) is 0 Å². The molecule has 1 aromatic carbocycles. The summed E-state index contributed by atoms with van der Waals surface area (Å²) in [4.78, 5) is 32.1. The topological polar surface area (TPSA) is 81.3 Å². The van der Waals surface area contributed by atoms with Crippen molar-refractivity contribution < 1.29 is 14.3 Å². The molecule has 0 aliphatic heterocycles. The van der Waals surface area contributed by atoms with E-state index in [1.807, 2.05) is 24.3 Å². The van der Waals surface area contributed by atoms with Crippen LogP contribution in [0, 0.1) is 6.92 Å². The van der Waals surface area contributed by atoms with Crippen LogP contribution in [0.3, 0.4) is 0 Å². The number of carbonyl (C=O) groups excluding carboxylic acids is 1. The van der Waals surface area contributed by atoms with E-state index in [1.165, 1.54) is 7.11 Å². The molecule has 0 saturated heterocycles. The van der Waals surface area contributed by atoms with Gasteiger partial charge in [0.1, 0.15) is 15.5 Å². The Hall–Kier alpha value is -2.64. The first-order valence-electron chi connectivity index (χ1n) is 7.58. The number of esters is 1. The Balaban J connectivity index is 2.09. The van der Waals surface area contributed by atoms with Crippen molar-refractivity contribution in [2.75, 3.05) is 14.2 Å². The van der Waals surface area contributed by atoms with Crippen molar-refractivity contribution in [3.05, 3.63) is 56.4 Å². The number of aryl methyl sites for hydroxylation is 1. The van der Waals surface area contributed by atoms with Crippen molar-refractivity contribution in [2.45, 2.75) is 6.92 Å². The number of carbonyl (C=O) groups is 1. The second-order valence-corrected chi connectivity index (χ2v) is 6.82. The lowest BCUT2D eigenvalue weighted by Gasteiger charge is -2.02. The van der Waals surface area contributed by atoms with Crippen LogP contribution in [0.15, 0.2) is 29.1 Å². The van der Waals surface area contributed by atoms with E-state index in [4.69, 9.17) is 21.1 Å². The van der Waals surface area contributed by atoms with Crippen molar-refractivity contribution in [1.82, 2.24) is 9.97 Å². The summed E-state index contributed by atoms with van der Waals surface area (Å²) in [6, 6.07) is 7.31. The molecule has 0 bridgehead atoms. The quantitative estimate of drug-likeness (QED) is 0.685. The van der Waals surface area contributed by atoms with Crippen LogP contribution in [-0.4, -0.2) is 30.2 Å². The molecule has 0 atom stereocenters. The van der Waals surface area contributed by atoms with Crippen LogP contribution in [0.5, 0.6) is 5.75 Å². The molecule has 134 valence electrons. The first-order valence-corrected chi connectivity index (χ1v) is 8.77. The summed E-state index contributed by atoms with van der Waals surface area (Å²) in [5.74, 6) is 0.422. The molecular formula is C18H15ClN2O4S. The third-order valence-electron chi connectivity index (χ3n) is 3.78. The number of rotatable bonds is 4. The number of nitrogens with zero attached hydrogens (tertiary/aromatic N) is 1. The fourth-order valence-electron chi connectivity index (χ4n) is 2.49. The molecule has 0 spiro atoms. The van der Waals surface area contributed by atoms with Gasteiger partial charge in [-0.25, -0.2) is 9.78 Å². The fraction of sp³-hybridized carbons (Fsp3) is 0.167. The van der Waals surface area contributed by atoms with Gasteiger partial charge in [0.2, 0.25) is 0 Å². The number of hydrogen-bond donors (Lipinski definition) is 1. The molecule has 3 rings (SSSR count). The number of aromatic amines is 1. The van der Waals surface area contributed by atoms with E-state index in [-0.39, 0.29) is 16.4 Å². The second kappa shape index (κ2) is 7.31. The van der Waals surface area contributed by atoms with E-state index >= 15 is 0 Å². The summed E-state index contributed by atoms with van der Waals surface area (Å²) in [7, 11) is 2.87. The Morgan fingerprint density at radius 3 is 2.81 bits per heavy atom. The third kappa shape index (κ3) is 3.36. The minimum Gasteiger partial charge on any atom is -0.497 e. The molecule has 0 fully saturated rings. The van der Waals surface area contributed by atoms with Gasteiger partial charge in [-0.1, -0.05) is 23.7 Å². The number of thiophene rings is 1. The number of nitrogens with one attached hydrogen (secondary N) is 1. The van der Waals surface area contributed by atoms with Crippen LogP contribution < -0.4 is 10.3 Å². The maximum absolute atomic E-state index is 12.5. The zero-order valence-corrected chi connectivity index (χ0v) is 15.8. The van der Waals surface area contributed by atoms with Gasteiger partial charge >= 0.3 is 5.97 Å². The monoisotopic (exact) mass is 390 g/mol. The Bertz CT molecular complexity index is 1080. The number of hydrogen-bond acceptors (Lipinski definition) is 6. The number of benzene rings is 1. The molecule has 0 amide bonds. The Kier molecular flexibility index (Phi) is 5.11. The van der Waals surface area contributed by atoms with E-state index in [9.17, 15) is 9.59 Å². The summed E-state index contributed by atoms with van der Waals surface area (Å²) in [6.45, 7) is 1.69. The van der Waals surface area contributed by atoms with Crippen LogP contribution in [0.2, 0.25) is 0 Å². The van der Waals surface area contributed by atoms with Gasteiger partial charge in [0.25, 0.3) is 5.56 Å². The van der Waals surface area contributed by atoms with Crippen molar-refractivity contribution >= 4 is 50.2 Å². The van der Waals surface area contributed by atoms with Crippen LogP contribution in [0.4, 0.5) is 0 Å².